The molecular weight excluding hydrogens is 526 g/mol. The van der Waals surface area contributed by atoms with Gasteiger partial charge in [-0.3, -0.25) is 9.59 Å². The minimum absolute atomic E-state index is 0.0306. The highest BCUT2D eigenvalue weighted by Crippen LogP contribution is 2.26. The Morgan fingerprint density at radius 2 is 1.88 bits per heavy atom. The van der Waals surface area contributed by atoms with Crippen LogP contribution in [0.4, 0.5) is 17.6 Å². The quantitative estimate of drug-likeness (QED) is 0.333. The van der Waals surface area contributed by atoms with Crippen molar-refractivity contribution in [1.29, 1.82) is 0 Å². The van der Waals surface area contributed by atoms with Gasteiger partial charge in [0.2, 0.25) is 11.8 Å². The molecule has 216 valence electrons. The molecule has 2 aliphatic rings. The first-order chi connectivity index (χ1) is 19.0. The van der Waals surface area contributed by atoms with Gasteiger partial charge in [-0.1, -0.05) is 19.4 Å². The predicted octanol–water partition coefficient (Wildman–Crippen LogP) is 3.73. The zero-order chi connectivity index (χ0) is 29.0. The van der Waals surface area contributed by atoms with Crippen LogP contribution in [0.1, 0.15) is 56.7 Å². The number of benzene rings is 2. The van der Waals surface area contributed by atoms with Gasteiger partial charge in [0.1, 0.15) is 23.0 Å². The fourth-order valence-electron chi connectivity index (χ4n) is 5.04. The minimum atomic E-state index is -1.02. The van der Waals surface area contributed by atoms with Gasteiger partial charge in [-0.15, -0.1) is 0 Å². The molecule has 1 aliphatic carbocycles. The first-order valence-electron chi connectivity index (χ1n) is 13.5. The molecule has 11 heteroatoms. The Kier molecular flexibility index (Phi) is 9.02. The van der Waals surface area contributed by atoms with Gasteiger partial charge in [-0.2, -0.15) is 0 Å². The van der Waals surface area contributed by atoms with E-state index in [9.17, 15) is 27.2 Å². The van der Waals surface area contributed by atoms with E-state index in [1.165, 1.54) is 12.1 Å². The molecule has 1 heterocycles. The van der Waals surface area contributed by atoms with E-state index in [1.54, 1.807) is 24.9 Å². The molecule has 0 bridgehead atoms. The number of hydrogen-bond acceptors (Lipinski definition) is 5. The second kappa shape index (κ2) is 12.3. The molecule has 0 radical (unpaired) electrons. The summed E-state index contributed by atoms with van der Waals surface area (Å²) in [7, 11) is 0. The number of halogens is 4. The van der Waals surface area contributed by atoms with Crippen LogP contribution in [0.25, 0.3) is 0 Å². The molecule has 1 aliphatic heterocycles. The number of nitrogens with one attached hydrogen (secondary N) is 4. The van der Waals surface area contributed by atoms with Crippen LogP contribution < -0.4 is 21.3 Å². The lowest BCUT2D eigenvalue weighted by molar-refractivity contribution is -0.130. The molecule has 7 nitrogen and oxygen atoms in total. The van der Waals surface area contributed by atoms with Crippen LogP contribution in [0.15, 0.2) is 42.4 Å². The van der Waals surface area contributed by atoms with Crippen molar-refractivity contribution in [1.82, 2.24) is 26.2 Å². The lowest BCUT2D eigenvalue weighted by Crippen LogP contribution is -2.53. The third kappa shape index (κ3) is 6.75. The van der Waals surface area contributed by atoms with E-state index in [0.29, 0.717) is 48.2 Å². The lowest BCUT2D eigenvalue weighted by Gasteiger charge is -2.33. The number of carbonyl (C=O) groups is 2. The SMILES string of the molecule is CCC[C@H](N[C@H]1CCc2cc(F)cc(F)c2C1)C(=O)NC1=CN(C(C)(C)C(=O)NCc2ccc(F)c(F)c2)CN1. The van der Waals surface area contributed by atoms with Crippen LogP contribution in [-0.2, 0) is 29.0 Å². The molecule has 0 fully saturated rings. The predicted molar refractivity (Wildman–Crippen MR) is 142 cm³/mol. The van der Waals surface area contributed by atoms with E-state index in [2.05, 4.69) is 21.3 Å². The van der Waals surface area contributed by atoms with Gasteiger partial charge in [-0.05, 0) is 74.4 Å². The van der Waals surface area contributed by atoms with Gasteiger partial charge in [0, 0.05) is 24.9 Å². The third-order valence-electron chi connectivity index (χ3n) is 7.49. The van der Waals surface area contributed by atoms with Crippen molar-refractivity contribution in [3.05, 3.63) is 82.3 Å². The molecular formula is C29H35F4N5O2. The highest BCUT2D eigenvalue weighted by atomic mass is 19.2. The summed E-state index contributed by atoms with van der Waals surface area (Å²) in [6.45, 7) is 5.69. The summed E-state index contributed by atoms with van der Waals surface area (Å²) in [4.78, 5) is 27.8. The lowest BCUT2D eigenvalue weighted by atomic mass is 9.87. The van der Waals surface area contributed by atoms with Crippen LogP contribution in [0.5, 0.6) is 0 Å². The van der Waals surface area contributed by atoms with Gasteiger partial charge in [0.05, 0.1) is 12.7 Å². The Balaban J connectivity index is 1.34. The Labute approximate surface area is 231 Å². The molecule has 4 N–H and O–H groups in total. The molecule has 2 atom stereocenters. The highest BCUT2D eigenvalue weighted by Gasteiger charge is 2.36. The summed E-state index contributed by atoms with van der Waals surface area (Å²) in [5.74, 6) is -3.23. The number of aryl methyl sites for hydroxylation is 1. The molecule has 0 unspecified atom stereocenters. The van der Waals surface area contributed by atoms with E-state index < -0.39 is 34.8 Å². The van der Waals surface area contributed by atoms with Crippen LogP contribution in [0.3, 0.4) is 0 Å². The normalized spacial score (nSPS) is 17.5. The summed E-state index contributed by atoms with van der Waals surface area (Å²) in [5.41, 5.74) is 0.570. The van der Waals surface area contributed by atoms with E-state index in [1.807, 2.05) is 6.92 Å². The number of amides is 2. The fraction of sp³-hybridized carbons (Fsp3) is 0.448. The van der Waals surface area contributed by atoms with Gasteiger partial charge >= 0.3 is 0 Å². The van der Waals surface area contributed by atoms with Gasteiger partial charge in [0.25, 0.3) is 0 Å². The number of rotatable bonds is 10. The molecule has 2 amide bonds. The van der Waals surface area contributed by atoms with Crippen molar-refractivity contribution in [2.75, 3.05) is 6.67 Å². The standard InChI is InChI=1S/C29H35F4N5O2/c1-4-5-25(36-20-8-7-18-11-19(30)12-23(32)21(18)13-20)27(39)37-26-15-38(16-35-26)29(2,3)28(40)34-14-17-6-9-22(31)24(33)10-17/h6,9-12,15,20,25,35-36H,4-5,7-8,13-14,16H2,1-3H3,(H,34,40)(H,37,39)/t20-,25-/m0/s1. The van der Waals surface area contributed by atoms with Gasteiger partial charge < -0.3 is 26.2 Å². The van der Waals surface area contributed by atoms with E-state index >= 15 is 0 Å². The van der Waals surface area contributed by atoms with Crippen molar-refractivity contribution in [2.24, 2.45) is 0 Å². The number of fused-ring (bicyclic) bond motifs is 1. The third-order valence-corrected chi connectivity index (χ3v) is 7.49. The Morgan fingerprint density at radius 3 is 2.60 bits per heavy atom. The second-order valence-corrected chi connectivity index (χ2v) is 10.8. The Morgan fingerprint density at radius 1 is 1.10 bits per heavy atom. The van der Waals surface area contributed by atoms with Gasteiger partial charge in [-0.25, -0.2) is 17.6 Å². The van der Waals surface area contributed by atoms with E-state index in [-0.39, 0.29) is 31.1 Å². The Hall–Kier alpha value is -3.60. The van der Waals surface area contributed by atoms with Gasteiger partial charge in [0.15, 0.2) is 11.6 Å². The van der Waals surface area contributed by atoms with E-state index in [4.69, 9.17) is 0 Å². The van der Waals surface area contributed by atoms with E-state index in [0.717, 1.165) is 24.6 Å². The maximum absolute atomic E-state index is 14.4. The van der Waals surface area contributed by atoms with Crippen LogP contribution in [-0.4, -0.2) is 41.0 Å². The van der Waals surface area contributed by atoms with Crippen molar-refractivity contribution >= 4 is 11.8 Å². The minimum Gasteiger partial charge on any atom is -0.353 e. The maximum atomic E-state index is 14.4. The number of hydrogen-bond donors (Lipinski definition) is 4. The topological polar surface area (TPSA) is 85.5 Å². The van der Waals surface area contributed by atoms with Crippen molar-refractivity contribution in [3.8, 4) is 0 Å². The van der Waals surface area contributed by atoms with Crippen molar-refractivity contribution in [2.45, 2.75) is 77.0 Å². The summed E-state index contributed by atoms with van der Waals surface area (Å²) >= 11 is 0. The molecule has 0 spiro atoms. The molecule has 4 rings (SSSR count). The summed E-state index contributed by atoms with van der Waals surface area (Å²) in [6.07, 6.45) is 4.52. The molecule has 0 saturated carbocycles. The molecule has 0 aromatic heterocycles. The zero-order valence-corrected chi connectivity index (χ0v) is 22.8. The molecule has 2 aromatic carbocycles. The van der Waals surface area contributed by atoms with Crippen LogP contribution in [0.2, 0.25) is 0 Å². The summed E-state index contributed by atoms with van der Waals surface area (Å²) < 4.78 is 54.6. The first kappa shape index (κ1) is 29.4. The van der Waals surface area contributed by atoms with Crippen LogP contribution in [0, 0.1) is 23.3 Å². The van der Waals surface area contributed by atoms with Crippen LogP contribution >= 0.6 is 0 Å². The maximum Gasteiger partial charge on any atom is 0.245 e. The van der Waals surface area contributed by atoms with Crippen molar-refractivity contribution in [3.63, 3.8) is 0 Å². The molecule has 40 heavy (non-hydrogen) atoms. The fourth-order valence-corrected chi connectivity index (χ4v) is 5.04. The Bertz CT molecular complexity index is 1300. The summed E-state index contributed by atoms with van der Waals surface area (Å²) in [6, 6.07) is 5.07. The zero-order valence-electron chi connectivity index (χ0n) is 22.8. The van der Waals surface area contributed by atoms with Crippen molar-refractivity contribution < 1.29 is 27.2 Å². The average Bonchev–Trinajstić information content (AvgIpc) is 3.38. The first-order valence-corrected chi connectivity index (χ1v) is 13.5. The highest BCUT2D eigenvalue weighted by molar-refractivity contribution is 5.86. The average molecular weight is 562 g/mol. The number of carbonyl (C=O) groups excluding carboxylic acids is 2. The smallest absolute Gasteiger partial charge is 0.245 e. The monoisotopic (exact) mass is 561 g/mol. The molecule has 0 saturated heterocycles. The molecule has 2 aromatic rings. The number of nitrogens with zero attached hydrogens (tertiary/aromatic N) is 1. The second-order valence-electron chi connectivity index (χ2n) is 10.8. The largest absolute Gasteiger partial charge is 0.353 e. The summed E-state index contributed by atoms with van der Waals surface area (Å²) in [5, 5.41) is 12.1.